The van der Waals surface area contributed by atoms with Crippen LogP contribution in [0.1, 0.15) is 28.8 Å². The molecule has 7 nitrogen and oxygen atoms in total. The fraction of sp³-hybridized carbons (Fsp3) is 0.458. The van der Waals surface area contributed by atoms with Crippen LogP contribution in [-0.4, -0.2) is 72.1 Å². The Morgan fingerprint density at radius 1 is 1.18 bits per heavy atom. The van der Waals surface area contributed by atoms with Gasteiger partial charge in [0.05, 0.1) is 18.3 Å². The van der Waals surface area contributed by atoms with Crippen LogP contribution in [0.3, 0.4) is 0 Å². The molecule has 0 saturated carbocycles. The van der Waals surface area contributed by atoms with Gasteiger partial charge in [0.25, 0.3) is 5.91 Å². The third-order valence-electron chi connectivity index (χ3n) is 6.03. The summed E-state index contributed by atoms with van der Waals surface area (Å²) in [6.07, 6.45) is 4.73. The molecule has 4 rings (SSSR count). The van der Waals surface area contributed by atoms with Gasteiger partial charge in [0, 0.05) is 50.3 Å². The van der Waals surface area contributed by atoms with Gasteiger partial charge in [-0.2, -0.15) is 0 Å². The number of ether oxygens (including phenoxy) is 2. The van der Waals surface area contributed by atoms with E-state index in [-0.39, 0.29) is 29.6 Å². The number of rotatable bonds is 6. The molecular weight excluding hydrogens is 449 g/mol. The van der Waals surface area contributed by atoms with Crippen LogP contribution in [0.15, 0.2) is 42.7 Å². The van der Waals surface area contributed by atoms with Gasteiger partial charge in [-0.3, -0.25) is 14.6 Å². The maximum Gasteiger partial charge on any atom is 0.257 e. The van der Waals surface area contributed by atoms with E-state index in [2.05, 4.69) is 4.98 Å². The zero-order valence-electron chi connectivity index (χ0n) is 18.3. The first-order valence-electron chi connectivity index (χ1n) is 11.1. The molecule has 1 atom stereocenters. The molecule has 0 bridgehead atoms. The SMILES string of the molecule is O=C1CN(C(=O)c2cc(Cl)ccc2F)CC(OCc2ccncc2)CN1CC1CCOCC1. The Morgan fingerprint density at radius 2 is 1.94 bits per heavy atom. The number of pyridine rings is 1. The van der Waals surface area contributed by atoms with Gasteiger partial charge in [-0.05, 0) is 54.7 Å². The number of carbonyl (C=O) groups excluding carboxylic acids is 2. The van der Waals surface area contributed by atoms with Gasteiger partial charge in [-0.15, -0.1) is 0 Å². The summed E-state index contributed by atoms with van der Waals surface area (Å²) in [5, 5.41) is 0.257. The molecule has 1 aromatic carbocycles. The van der Waals surface area contributed by atoms with E-state index in [9.17, 15) is 14.0 Å². The first-order chi connectivity index (χ1) is 16.0. The third-order valence-corrected chi connectivity index (χ3v) is 6.26. The Labute approximate surface area is 197 Å². The van der Waals surface area contributed by atoms with Crippen molar-refractivity contribution in [1.82, 2.24) is 14.8 Å². The fourth-order valence-electron chi connectivity index (χ4n) is 4.18. The third kappa shape index (κ3) is 6.28. The van der Waals surface area contributed by atoms with Crippen molar-refractivity contribution >= 4 is 23.4 Å². The monoisotopic (exact) mass is 475 g/mol. The van der Waals surface area contributed by atoms with E-state index < -0.39 is 17.8 Å². The second kappa shape index (κ2) is 11.0. The van der Waals surface area contributed by atoms with E-state index in [0.29, 0.717) is 38.8 Å². The summed E-state index contributed by atoms with van der Waals surface area (Å²) < 4.78 is 25.9. The van der Waals surface area contributed by atoms with Crippen LogP contribution in [-0.2, 0) is 20.9 Å². The lowest BCUT2D eigenvalue weighted by molar-refractivity contribution is -0.132. The van der Waals surface area contributed by atoms with Crippen LogP contribution < -0.4 is 0 Å². The van der Waals surface area contributed by atoms with E-state index in [1.54, 1.807) is 17.3 Å². The van der Waals surface area contributed by atoms with Crippen molar-refractivity contribution in [3.8, 4) is 0 Å². The van der Waals surface area contributed by atoms with Crippen LogP contribution in [0.5, 0.6) is 0 Å². The van der Waals surface area contributed by atoms with Crippen LogP contribution >= 0.6 is 11.6 Å². The molecule has 2 saturated heterocycles. The van der Waals surface area contributed by atoms with Gasteiger partial charge in [-0.1, -0.05) is 11.6 Å². The highest BCUT2D eigenvalue weighted by molar-refractivity contribution is 6.31. The molecule has 2 aliphatic heterocycles. The molecule has 2 amide bonds. The highest BCUT2D eigenvalue weighted by Gasteiger charge is 2.33. The summed E-state index contributed by atoms with van der Waals surface area (Å²) in [5.74, 6) is -1.08. The number of hydrogen-bond donors (Lipinski definition) is 0. The van der Waals surface area contributed by atoms with Gasteiger partial charge in [0.2, 0.25) is 5.91 Å². The minimum Gasteiger partial charge on any atom is -0.381 e. The molecule has 176 valence electrons. The Balaban J connectivity index is 1.52. The number of aromatic nitrogens is 1. The quantitative estimate of drug-likeness (QED) is 0.641. The maximum atomic E-state index is 14.4. The molecule has 1 aromatic heterocycles. The van der Waals surface area contributed by atoms with E-state index in [1.165, 1.54) is 17.0 Å². The molecule has 2 aliphatic rings. The van der Waals surface area contributed by atoms with Crippen LogP contribution in [0.2, 0.25) is 5.02 Å². The highest BCUT2D eigenvalue weighted by Crippen LogP contribution is 2.21. The molecule has 3 heterocycles. The fourth-order valence-corrected chi connectivity index (χ4v) is 4.35. The smallest absolute Gasteiger partial charge is 0.257 e. The Morgan fingerprint density at radius 3 is 2.70 bits per heavy atom. The van der Waals surface area contributed by atoms with Gasteiger partial charge < -0.3 is 19.3 Å². The zero-order valence-corrected chi connectivity index (χ0v) is 19.0. The van der Waals surface area contributed by atoms with Crippen LogP contribution in [0.25, 0.3) is 0 Å². The van der Waals surface area contributed by atoms with E-state index >= 15 is 0 Å². The summed E-state index contributed by atoms with van der Waals surface area (Å²) in [6, 6.07) is 7.54. The number of nitrogens with zero attached hydrogens (tertiary/aromatic N) is 3. The molecule has 0 N–H and O–H groups in total. The first kappa shape index (κ1) is 23.6. The largest absolute Gasteiger partial charge is 0.381 e. The average molecular weight is 476 g/mol. The van der Waals surface area contributed by atoms with Crippen molar-refractivity contribution in [3.63, 3.8) is 0 Å². The highest BCUT2D eigenvalue weighted by atomic mass is 35.5. The molecule has 9 heteroatoms. The predicted octanol–water partition coefficient (Wildman–Crippen LogP) is 3.17. The minimum atomic E-state index is -0.672. The molecule has 2 aromatic rings. The molecule has 0 spiro atoms. The summed E-state index contributed by atoms with van der Waals surface area (Å²) in [5.41, 5.74) is 0.788. The van der Waals surface area contributed by atoms with Crippen molar-refractivity contribution in [2.24, 2.45) is 5.92 Å². The zero-order chi connectivity index (χ0) is 23.2. The topological polar surface area (TPSA) is 72.0 Å². The number of hydrogen-bond acceptors (Lipinski definition) is 5. The van der Waals surface area contributed by atoms with Crippen LogP contribution in [0.4, 0.5) is 4.39 Å². The van der Waals surface area contributed by atoms with Crippen molar-refractivity contribution < 1.29 is 23.5 Å². The van der Waals surface area contributed by atoms with Gasteiger partial charge in [0.1, 0.15) is 12.4 Å². The van der Waals surface area contributed by atoms with Gasteiger partial charge >= 0.3 is 0 Å². The molecule has 33 heavy (non-hydrogen) atoms. The summed E-state index contributed by atoms with van der Waals surface area (Å²) in [7, 11) is 0. The lowest BCUT2D eigenvalue weighted by atomic mass is 9.99. The molecule has 2 fully saturated rings. The van der Waals surface area contributed by atoms with Gasteiger partial charge in [0.15, 0.2) is 0 Å². The molecular formula is C24H27ClFN3O4. The second-order valence-electron chi connectivity index (χ2n) is 8.45. The van der Waals surface area contributed by atoms with E-state index in [4.69, 9.17) is 21.1 Å². The summed E-state index contributed by atoms with van der Waals surface area (Å²) in [4.78, 5) is 33.4. The number of benzene rings is 1. The summed E-state index contributed by atoms with van der Waals surface area (Å²) >= 11 is 5.99. The lowest BCUT2D eigenvalue weighted by Crippen LogP contribution is -2.42. The van der Waals surface area contributed by atoms with Crippen molar-refractivity contribution in [2.45, 2.75) is 25.6 Å². The normalized spacial score (nSPS) is 20.1. The van der Waals surface area contributed by atoms with Crippen LogP contribution in [0, 0.1) is 11.7 Å². The lowest BCUT2D eigenvalue weighted by Gasteiger charge is -2.30. The maximum absolute atomic E-state index is 14.4. The Hall–Kier alpha value is -2.55. The Bertz CT molecular complexity index is 971. The number of halogens is 2. The van der Waals surface area contributed by atoms with Gasteiger partial charge in [-0.25, -0.2) is 4.39 Å². The van der Waals surface area contributed by atoms with Crippen molar-refractivity contribution in [1.29, 1.82) is 0 Å². The predicted molar refractivity (Wildman–Crippen MR) is 120 cm³/mol. The molecule has 1 unspecified atom stereocenters. The minimum absolute atomic E-state index is 0.136. The average Bonchev–Trinajstić information content (AvgIpc) is 2.99. The number of amides is 2. The summed E-state index contributed by atoms with van der Waals surface area (Å²) in [6.45, 7) is 2.68. The number of carbonyl (C=O) groups is 2. The molecule has 0 aliphatic carbocycles. The van der Waals surface area contributed by atoms with E-state index in [0.717, 1.165) is 24.5 Å². The Kier molecular flexibility index (Phi) is 7.90. The van der Waals surface area contributed by atoms with Crippen molar-refractivity contribution in [2.75, 3.05) is 39.4 Å². The van der Waals surface area contributed by atoms with E-state index in [1.807, 2.05) is 12.1 Å². The standard InChI is InChI=1S/C24H27ClFN3O4/c25-19-1-2-22(26)21(11-19)24(31)29-14-20(33-16-18-3-7-27-8-4-18)13-28(23(30)15-29)12-17-5-9-32-10-6-17/h1-4,7-8,11,17,20H,5-6,9-10,12-16H2. The second-order valence-corrected chi connectivity index (χ2v) is 8.89. The van der Waals surface area contributed by atoms with Crippen molar-refractivity contribution in [3.05, 3.63) is 64.7 Å². The molecule has 0 radical (unpaired) electrons. The first-order valence-corrected chi connectivity index (χ1v) is 11.5.